The third-order valence-electron chi connectivity index (χ3n) is 4.60. The van der Waals surface area contributed by atoms with E-state index in [1.54, 1.807) is 12.1 Å². The van der Waals surface area contributed by atoms with Crippen LogP contribution in [0.15, 0.2) is 40.3 Å². The van der Waals surface area contributed by atoms with Crippen LogP contribution in [0.5, 0.6) is 0 Å². The van der Waals surface area contributed by atoms with Crippen LogP contribution in [0.4, 0.5) is 0 Å². The van der Waals surface area contributed by atoms with Gasteiger partial charge in [-0.2, -0.15) is 0 Å². The van der Waals surface area contributed by atoms with Gasteiger partial charge in [0.2, 0.25) is 0 Å². The van der Waals surface area contributed by atoms with Crippen molar-refractivity contribution >= 4 is 23.2 Å². The largest absolute Gasteiger partial charge is 0.459 e. The van der Waals surface area contributed by atoms with Crippen LogP contribution in [0.2, 0.25) is 0 Å². The zero-order valence-electron chi connectivity index (χ0n) is 11.9. The van der Waals surface area contributed by atoms with Crippen molar-refractivity contribution in [3.05, 3.63) is 46.5 Å². The molecule has 6 heteroatoms. The minimum absolute atomic E-state index is 0.00328. The zero-order valence-corrected chi connectivity index (χ0v) is 12.7. The maximum Gasteiger partial charge on any atom is 0.289 e. The van der Waals surface area contributed by atoms with Crippen LogP contribution in [0.25, 0.3) is 0 Å². The van der Waals surface area contributed by atoms with E-state index in [1.165, 1.54) is 17.6 Å². The summed E-state index contributed by atoms with van der Waals surface area (Å²) in [4.78, 5) is 27.1. The maximum atomic E-state index is 12.4. The van der Waals surface area contributed by atoms with Crippen LogP contribution in [-0.2, 0) is 0 Å². The van der Waals surface area contributed by atoms with Crippen molar-refractivity contribution in [1.29, 1.82) is 0 Å². The standard InChI is InChI=1S/C16H16N2O3S/c19-15(14-4-2-6-22-14)17-12-8-11-7-10(12)9-18(11)16(20)13-3-1-5-21-13/h1-6,10-12H,7-9H2,(H,17,19)/t10-,11-,12-/m0/s1. The highest BCUT2D eigenvalue weighted by molar-refractivity contribution is 7.12. The second-order valence-corrected chi connectivity index (χ2v) is 6.83. The first-order valence-electron chi connectivity index (χ1n) is 7.41. The summed E-state index contributed by atoms with van der Waals surface area (Å²) in [5, 5.41) is 5.02. The van der Waals surface area contributed by atoms with Crippen LogP contribution in [0, 0.1) is 5.92 Å². The van der Waals surface area contributed by atoms with Gasteiger partial charge in [-0.15, -0.1) is 11.3 Å². The van der Waals surface area contributed by atoms with Gasteiger partial charge in [-0.1, -0.05) is 6.07 Å². The van der Waals surface area contributed by atoms with Gasteiger partial charge in [0.1, 0.15) is 0 Å². The highest BCUT2D eigenvalue weighted by Gasteiger charge is 2.47. The maximum absolute atomic E-state index is 12.4. The molecule has 5 nitrogen and oxygen atoms in total. The fourth-order valence-electron chi connectivity index (χ4n) is 3.57. The molecule has 2 aromatic rings. The van der Waals surface area contributed by atoms with Crippen LogP contribution < -0.4 is 5.32 Å². The molecule has 2 bridgehead atoms. The SMILES string of the molecule is O=C(N[C@H]1C[C@@H]2C[C@H]1CN2C(=O)c1ccco1)c1cccs1. The molecule has 1 N–H and O–H groups in total. The summed E-state index contributed by atoms with van der Waals surface area (Å²) in [5.74, 6) is 0.691. The average Bonchev–Trinajstić information content (AvgIpc) is 3.28. The molecular weight excluding hydrogens is 300 g/mol. The molecule has 1 aliphatic heterocycles. The minimum atomic E-state index is -0.0412. The number of likely N-dealkylation sites (tertiary alicyclic amines) is 1. The molecule has 1 saturated carbocycles. The molecule has 1 aliphatic carbocycles. The Labute approximate surface area is 131 Å². The normalized spacial score (nSPS) is 26.4. The summed E-state index contributed by atoms with van der Waals surface area (Å²) in [5.41, 5.74) is 0. The first-order valence-corrected chi connectivity index (χ1v) is 8.29. The molecule has 0 spiro atoms. The third-order valence-corrected chi connectivity index (χ3v) is 5.46. The fourth-order valence-corrected chi connectivity index (χ4v) is 4.19. The molecule has 0 unspecified atom stereocenters. The molecule has 2 amide bonds. The summed E-state index contributed by atoms with van der Waals surface area (Å²) in [6.45, 7) is 0.694. The number of piperidine rings is 1. The molecule has 1 saturated heterocycles. The summed E-state index contributed by atoms with van der Waals surface area (Å²) in [6, 6.07) is 7.51. The quantitative estimate of drug-likeness (QED) is 0.945. The Morgan fingerprint density at radius 3 is 2.82 bits per heavy atom. The lowest BCUT2D eigenvalue weighted by Crippen LogP contribution is -2.47. The summed E-state index contributed by atoms with van der Waals surface area (Å²) in [7, 11) is 0. The van der Waals surface area contributed by atoms with E-state index in [1.807, 2.05) is 22.4 Å². The minimum Gasteiger partial charge on any atom is -0.459 e. The van der Waals surface area contributed by atoms with E-state index in [4.69, 9.17) is 4.42 Å². The van der Waals surface area contributed by atoms with Crippen molar-refractivity contribution in [3.8, 4) is 0 Å². The molecule has 114 valence electrons. The van der Waals surface area contributed by atoms with Crippen LogP contribution in [-0.4, -0.2) is 35.3 Å². The van der Waals surface area contributed by atoms with Gasteiger partial charge in [0.15, 0.2) is 5.76 Å². The first kappa shape index (κ1) is 13.6. The summed E-state index contributed by atoms with van der Waals surface area (Å²) >= 11 is 1.45. The van der Waals surface area contributed by atoms with E-state index in [0.717, 1.165) is 17.7 Å². The molecular formula is C16H16N2O3S. The molecule has 0 radical (unpaired) electrons. The number of furan rings is 1. The molecule has 22 heavy (non-hydrogen) atoms. The Morgan fingerprint density at radius 1 is 1.27 bits per heavy atom. The van der Waals surface area contributed by atoms with Crippen molar-refractivity contribution in [2.45, 2.75) is 24.9 Å². The summed E-state index contributed by atoms with van der Waals surface area (Å²) in [6.07, 6.45) is 3.31. The number of fused-ring (bicyclic) bond motifs is 2. The predicted molar refractivity (Wildman–Crippen MR) is 81.8 cm³/mol. The fraction of sp³-hybridized carbons (Fsp3) is 0.375. The van der Waals surface area contributed by atoms with Gasteiger partial charge in [-0.05, 0) is 42.3 Å². The lowest BCUT2D eigenvalue weighted by molar-refractivity contribution is 0.0648. The Bertz CT molecular complexity index is 680. The predicted octanol–water partition coefficient (Wildman–Crippen LogP) is 2.37. The van der Waals surface area contributed by atoms with Gasteiger partial charge in [-0.25, -0.2) is 0 Å². The van der Waals surface area contributed by atoms with Crippen LogP contribution >= 0.6 is 11.3 Å². The summed E-state index contributed by atoms with van der Waals surface area (Å²) < 4.78 is 5.20. The topological polar surface area (TPSA) is 62.6 Å². The van der Waals surface area contributed by atoms with Crippen molar-refractivity contribution in [2.24, 2.45) is 5.92 Å². The van der Waals surface area contributed by atoms with E-state index in [0.29, 0.717) is 18.2 Å². The number of carbonyl (C=O) groups excluding carboxylic acids is 2. The Morgan fingerprint density at radius 2 is 2.18 bits per heavy atom. The monoisotopic (exact) mass is 316 g/mol. The van der Waals surface area contributed by atoms with Crippen molar-refractivity contribution in [2.75, 3.05) is 6.54 Å². The number of nitrogens with zero attached hydrogens (tertiary/aromatic N) is 1. The van der Waals surface area contributed by atoms with E-state index in [2.05, 4.69) is 5.32 Å². The van der Waals surface area contributed by atoms with E-state index in [9.17, 15) is 9.59 Å². The Hall–Kier alpha value is -2.08. The molecule has 4 rings (SSSR count). The Balaban J connectivity index is 1.40. The van der Waals surface area contributed by atoms with Gasteiger partial charge in [0.05, 0.1) is 11.1 Å². The smallest absolute Gasteiger partial charge is 0.289 e. The zero-order chi connectivity index (χ0) is 15.1. The molecule has 3 atom stereocenters. The molecule has 2 aromatic heterocycles. The number of hydrogen-bond donors (Lipinski definition) is 1. The average molecular weight is 316 g/mol. The second-order valence-electron chi connectivity index (χ2n) is 5.88. The van der Waals surface area contributed by atoms with Crippen molar-refractivity contribution in [1.82, 2.24) is 10.2 Å². The number of amides is 2. The number of thiophene rings is 1. The van der Waals surface area contributed by atoms with Gasteiger partial charge in [0, 0.05) is 18.6 Å². The highest BCUT2D eigenvalue weighted by Crippen LogP contribution is 2.38. The third kappa shape index (κ3) is 2.23. The molecule has 3 heterocycles. The van der Waals surface area contributed by atoms with Crippen molar-refractivity contribution in [3.63, 3.8) is 0 Å². The van der Waals surface area contributed by atoms with E-state index in [-0.39, 0.29) is 23.9 Å². The molecule has 0 aromatic carbocycles. The van der Waals surface area contributed by atoms with E-state index >= 15 is 0 Å². The van der Waals surface area contributed by atoms with E-state index < -0.39 is 0 Å². The lowest BCUT2D eigenvalue weighted by Gasteiger charge is -2.31. The van der Waals surface area contributed by atoms with Gasteiger partial charge >= 0.3 is 0 Å². The molecule has 2 fully saturated rings. The number of nitrogens with one attached hydrogen (secondary N) is 1. The number of rotatable bonds is 3. The van der Waals surface area contributed by atoms with Gasteiger partial charge in [-0.3, -0.25) is 9.59 Å². The second kappa shape index (κ2) is 5.28. The van der Waals surface area contributed by atoms with Crippen LogP contribution in [0.3, 0.4) is 0 Å². The first-order chi connectivity index (χ1) is 10.7. The lowest BCUT2D eigenvalue weighted by atomic mass is 10.0. The van der Waals surface area contributed by atoms with Crippen molar-refractivity contribution < 1.29 is 14.0 Å². The highest BCUT2D eigenvalue weighted by atomic mass is 32.1. The number of hydrogen-bond acceptors (Lipinski definition) is 4. The molecule has 2 aliphatic rings. The number of carbonyl (C=O) groups is 2. The Kier molecular flexibility index (Phi) is 3.26. The van der Waals surface area contributed by atoms with Crippen LogP contribution in [0.1, 0.15) is 33.1 Å². The van der Waals surface area contributed by atoms with Gasteiger partial charge in [0.25, 0.3) is 11.8 Å². The van der Waals surface area contributed by atoms with Gasteiger partial charge < -0.3 is 14.6 Å².